The molecule has 0 aliphatic rings. The normalized spacial score (nSPS) is 11.1. The molecule has 11 heteroatoms. The Kier molecular flexibility index (Phi) is 7.73. The van der Waals surface area contributed by atoms with Crippen molar-refractivity contribution in [1.82, 2.24) is 5.43 Å². The van der Waals surface area contributed by atoms with Gasteiger partial charge in [-0.1, -0.05) is 12.1 Å². The maximum atomic E-state index is 13.4. The molecule has 34 heavy (non-hydrogen) atoms. The number of carbonyl (C=O) groups is 1. The van der Waals surface area contributed by atoms with Crippen molar-refractivity contribution in [2.45, 2.75) is 6.61 Å². The van der Waals surface area contributed by atoms with Gasteiger partial charge in [-0.05, 0) is 92.7 Å². The van der Waals surface area contributed by atoms with Crippen molar-refractivity contribution >= 4 is 84.4 Å². The Hall–Kier alpha value is -2.65. The van der Waals surface area contributed by atoms with E-state index in [-0.39, 0.29) is 18.1 Å². The minimum atomic E-state index is -0.471. The highest BCUT2D eigenvalue weighted by molar-refractivity contribution is 14.1. The van der Waals surface area contributed by atoms with Gasteiger partial charge in [0.2, 0.25) is 0 Å². The summed E-state index contributed by atoms with van der Waals surface area (Å²) in [5, 5.41) is 15.6. The lowest BCUT2D eigenvalue weighted by molar-refractivity contribution is -0.384. The molecule has 0 unspecified atom stereocenters. The van der Waals surface area contributed by atoms with Crippen molar-refractivity contribution in [2.75, 3.05) is 0 Å². The number of hydrogen-bond acceptors (Lipinski definition) is 6. The lowest BCUT2D eigenvalue weighted by atomic mass is 10.2. The van der Waals surface area contributed by atoms with E-state index in [9.17, 15) is 19.3 Å². The van der Waals surface area contributed by atoms with Crippen LogP contribution in [0, 0.1) is 23.1 Å². The summed E-state index contributed by atoms with van der Waals surface area (Å²) in [5.74, 6) is -0.0263. The topological polar surface area (TPSA) is 93.8 Å². The van der Waals surface area contributed by atoms with Crippen molar-refractivity contribution in [3.63, 3.8) is 0 Å². The largest absolute Gasteiger partial charge is 0.487 e. The van der Waals surface area contributed by atoms with E-state index in [4.69, 9.17) is 4.74 Å². The second-order valence-electron chi connectivity index (χ2n) is 7.02. The van der Waals surface area contributed by atoms with E-state index < -0.39 is 10.8 Å². The number of non-ortho nitro benzene ring substituents is 1. The molecule has 1 N–H and O–H groups in total. The molecule has 1 aromatic heterocycles. The van der Waals surface area contributed by atoms with Gasteiger partial charge in [-0.25, -0.2) is 9.82 Å². The van der Waals surface area contributed by atoms with Crippen molar-refractivity contribution in [1.29, 1.82) is 0 Å². The molecule has 1 heterocycles. The molecule has 0 fully saturated rings. The molecule has 0 spiro atoms. The fourth-order valence-electron chi connectivity index (χ4n) is 3.05. The monoisotopic (exact) mass is 701 g/mol. The average Bonchev–Trinajstić information content (AvgIpc) is 3.22. The summed E-state index contributed by atoms with van der Waals surface area (Å²) in [6, 6.07) is 16.0. The van der Waals surface area contributed by atoms with Crippen molar-refractivity contribution < 1.29 is 18.8 Å². The predicted molar refractivity (Wildman–Crippen MR) is 146 cm³/mol. The zero-order valence-electron chi connectivity index (χ0n) is 17.1. The van der Waals surface area contributed by atoms with Crippen LogP contribution in [0.25, 0.3) is 10.1 Å². The van der Waals surface area contributed by atoms with Gasteiger partial charge in [0.05, 0.1) is 23.2 Å². The van der Waals surface area contributed by atoms with Gasteiger partial charge < -0.3 is 4.74 Å². The number of ether oxygens (including phenoxy) is 1. The first kappa shape index (κ1) is 24.5. The molecule has 0 bridgehead atoms. The Morgan fingerprint density at radius 1 is 1.15 bits per heavy atom. The number of carbonyl (C=O) groups excluding carboxylic acids is 1. The van der Waals surface area contributed by atoms with Gasteiger partial charge >= 0.3 is 0 Å². The molecule has 0 saturated carbocycles. The Balaban J connectivity index is 1.41. The molecular formula is C23H14FI2N3O4S. The van der Waals surface area contributed by atoms with Crippen LogP contribution < -0.4 is 10.2 Å². The van der Waals surface area contributed by atoms with E-state index in [0.29, 0.717) is 16.0 Å². The summed E-state index contributed by atoms with van der Waals surface area (Å²) >= 11 is 5.53. The number of thiophene rings is 1. The van der Waals surface area contributed by atoms with E-state index >= 15 is 0 Å². The molecule has 0 radical (unpaired) electrons. The summed E-state index contributed by atoms with van der Waals surface area (Å²) in [7, 11) is 0. The van der Waals surface area contributed by atoms with Crippen LogP contribution >= 0.6 is 56.5 Å². The Bertz CT molecular complexity index is 1420. The highest BCUT2D eigenvalue weighted by Gasteiger charge is 2.13. The van der Waals surface area contributed by atoms with Crippen molar-refractivity contribution in [3.05, 3.63) is 99.7 Å². The van der Waals surface area contributed by atoms with Gasteiger partial charge in [0, 0.05) is 22.2 Å². The number of hydrogen-bond donors (Lipinski definition) is 1. The quantitative estimate of drug-likeness (QED) is 0.103. The van der Waals surface area contributed by atoms with E-state index in [1.165, 1.54) is 41.8 Å². The predicted octanol–water partition coefficient (Wildman–Crippen LogP) is 6.50. The first-order chi connectivity index (χ1) is 16.3. The third-order valence-corrected chi connectivity index (χ3v) is 7.32. The molecule has 7 nitrogen and oxygen atoms in total. The summed E-state index contributed by atoms with van der Waals surface area (Å²) in [4.78, 5) is 23.3. The molecule has 0 aliphatic heterocycles. The maximum absolute atomic E-state index is 13.4. The van der Waals surface area contributed by atoms with Crippen LogP contribution in [-0.2, 0) is 6.61 Å². The Morgan fingerprint density at radius 3 is 2.62 bits per heavy atom. The number of nitrogens with zero attached hydrogens (tertiary/aromatic N) is 2. The highest BCUT2D eigenvalue weighted by Crippen LogP contribution is 2.30. The number of nitro benzene ring substituents is 1. The summed E-state index contributed by atoms with van der Waals surface area (Å²) in [5.41, 5.74) is 3.96. The molecule has 0 atom stereocenters. The summed E-state index contributed by atoms with van der Waals surface area (Å²) in [6.45, 7) is 0.242. The molecule has 4 rings (SSSR count). The number of nitro groups is 1. The molecule has 3 aromatic carbocycles. The van der Waals surface area contributed by atoms with Crippen LogP contribution in [0.4, 0.5) is 10.1 Å². The van der Waals surface area contributed by atoms with Crippen molar-refractivity contribution in [2.24, 2.45) is 5.10 Å². The van der Waals surface area contributed by atoms with Gasteiger partial charge in [0.25, 0.3) is 11.6 Å². The van der Waals surface area contributed by atoms with Crippen molar-refractivity contribution in [3.8, 4) is 5.75 Å². The summed E-state index contributed by atoms with van der Waals surface area (Å²) in [6.07, 6.45) is 1.52. The van der Waals surface area contributed by atoms with Crippen LogP contribution in [-0.4, -0.2) is 17.0 Å². The van der Waals surface area contributed by atoms with Crippen LogP contribution in [0.2, 0.25) is 0 Å². The zero-order valence-corrected chi connectivity index (χ0v) is 22.3. The minimum Gasteiger partial charge on any atom is -0.487 e. The van der Waals surface area contributed by atoms with Crippen LogP contribution in [0.5, 0.6) is 5.75 Å². The number of nitrogens with one attached hydrogen (secondary N) is 1. The molecular weight excluding hydrogens is 687 g/mol. The SMILES string of the molecule is O=C(N/N=C\c1cc(I)c(OCc2cccc(F)c2)c(I)c1)c1cc2cc([N+](=O)[O-])ccc2s1. The number of benzene rings is 3. The fourth-order valence-corrected chi connectivity index (χ4v) is 6.11. The second kappa shape index (κ2) is 10.7. The molecule has 4 aromatic rings. The number of halogens is 3. The highest BCUT2D eigenvalue weighted by atomic mass is 127. The zero-order chi connectivity index (χ0) is 24.2. The molecule has 0 saturated heterocycles. The minimum absolute atomic E-state index is 0.0251. The first-order valence-corrected chi connectivity index (χ1v) is 12.7. The van der Waals surface area contributed by atoms with E-state index in [2.05, 4.69) is 55.7 Å². The van der Waals surface area contributed by atoms with Crippen LogP contribution in [0.15, 0.2) is 65.8 Å². The molecule has 0 aliphatic carbocycles. The van der Waals surface area contributed by atoms with E-state index in [1.54, 1.807) is 24.3 Å². The number of hydrazone groups is 1. The Labute approximate surface area is 224 Å². The molecule has 1 amide bonds. The third-order valence-electron chi connectivity index (χ3n) is 4.61. The lowest BCUT2D eigenvalue weighted by Gasteiger charge is -2.11. The maximum Gasteiger partial charge on any atom is 0.281 e. The van der Waals surface area contributed by atoms with Gasteiger partial charge in [-0.15, -0.1) is 11.3 Å². The standard InChI is InChI=1S/C23H14FI2N3O4S/c24-16-3-1-2-13(6-16)12-33-22-18(25)7-14(8-19(22)26)11-27-28-23(30)21-10-15-9-17(29(31)32)4-5-20(15)34-21/h1-11H,12H2,(H,28,30)/b27-11-. The smallest absolute Gasteiger partial charge is 0.281 e. The van der Waals surface area contributed by atoms with Gasteiger partial charge in [0.1, 0.15) is 18.2 Å². The van der Waals surface area contributed by atoms with Crippen LogP contribution in [0.1, 0.15) is 20.8 Å². The Morgan fingerprint density at radius 2 is 1.91 bits per heavy atom. The van der Waals surface area contributed by atoms with E-state index in [0.717, 1.165) is 23.0 Å². The summed E-state index contributed by atoms with van der Waals surface area (Å²) < 4.78 is 21.7. The van der Waals surface area contributed by atoms with E-state index in [1.807, 2.05) is 12.1 Å². The van der Waals surface area contributed by atoms with Gasteiger partial charge in [-0.2, -0.15) is 5.10 Å². The molecule has 172 valence electrons. The van der Waals surface area contributed by atoms with Crippen LogP contribution in [0.3, 0.4) is 0 Å². The fraction of sp³-hybridized carbons (Fsp3) is 0.0435. The number of rotatable bonds is 7. The van der Waals surface area contributed by atoms with Gasteiger partial charge in [-0.3, -0.25) is 14.9 Å². The first-order valence-electron chi connectivity index (χ1n) is 9.68. The van der Waals surface area contributed by atoms with Gasteiger partial charge in [0.15, 0.2) is 0 Å². The second-order valence-corrected chi connectivity index (χ2v) is 10.4. The third kappa shape index (κ3) is 5.88. The number of fused-ring (bicyclic) bond motifs is 1. The average molecular weight is 701 g/mol. The number of amides is 1. The lowest BCUT2D eigenvalue weighted by Crippen LogP contribution is -2.16.